The molecular formula is C26H27N7O4S2. The van der Waals surface area contributed by atoms with Crippen LogP contribution < -0.4 is 10.6 Å². The molecule has 2 amide bonds. The van der Waals surface area contributed by atoms with Gasteiger partial charge in [-0.2, -0.15) is 0 Å². The van der Waals surface area contributed by atoms with E-state index in [4.69, 9.17) is 0 Å². The molecule has 39 heavy (non-hydrogen) atoms. The van der Waals surface area contributed by atoms with Crippen molar-refractivity contribution in [3.8, 4) is 11.3 Å². The summed E-state index contributed by atoms with van der Waals surface area (Å²) in [7, 11) is 0. The molecule has 0 aliphatic heterocycles. The predicted octanol–water partition coefficient (Wildman–Crippen LogP) is 5.19. The molecule has 2 aromatic heterocycles. The maximum absolute atomic E-state index is 12.8. The van der Waals surface area contributed by atoms with E-state index in [9.17, 15) is 19.7 Å². The summed E-state index contributed by atoms with van der Waals surface area (Å²) in [5.74, 6) is 0.290. The lowest BCUT2D eigenvalue weighted by molar-refractivity contribution is -0.384. The van der Waals surface area contributed by atoms with Crippen LogP contribution in [0, 0.1) is 16.0 Å². The van der Waals surface area contributed by atoms with E-state index in [1.165, 1.54) is 35.2 Å². The number of benzene rings is 2. The standard InChI is InChI=1S/C26H27N7O4S2/c1-4-32-23(22(16(2)3)29-24(35)17-9-6-5-7-10-17)30-31-26(32)39-15-21(34)28-25-27-20(14-38-25)18-11-8-12-19(13-18)33(36)37/h5-14,16,22H,4,15H2,1-3H3,(H,29,35)(H,27,28,34). The van der Waals surface area contributed by atoms with E-state index in [0.29, 0.717) is 39.5 Å². The number of hydrogen-bond donors (Lipinski definition) is 2. The molecule has 0 radical (unpaired) electrons. The lowest BCUT2D eigenvalue weighted by atomic mass is 10.0. The van der Waals surface area contributed by atoms with Gasteiger partial charge in [0, 0.05) is 35.2 Å². The van der Waals surface area contributed by atoms with Crippen molar-refractivity contribution in [3.63, 3.8) is 0 Å². The SMILES string of the molecule is CCn1c(SCC(=O)Nc2nc(-c3cccc([N+](=O)[O-])c3)cs2)nnc1C(NC(=O)c1ccccc1)C(C)C. The third-order valence-corrected chi connectivity index (χ3v) is 7.49. The van der Waals surface area contributed by atoms with Gasteiger partial charge in [0.25, 0.3) is 11.6 Å². The van der Waals surface area contributed by atoms with Crippen LogP contribution in [0.5, 0.6) is 0 Å². The number of carbonyl (C=O) groups is 2. The maximum Gasteiger partial charge on any atom is 0.270 e. The first kappa shape index (κ1) is 27.9. The van der Waals surface area contributed by atoms with Crippen LogP contribution in [0.1, 0.15) is 43.0 Å². The van der Waals surface area contributed by atoms with Crippen molar-refractivity contribution >= 4 is 45.7 Å². The van der Waals surface area contributed by atoms with Gasteiger partial charge in [0.1, 0.15) is 0 Å². The lowest BCUT2D eigenvalue weighted by Gasteiger charge is -2.22. The van der Waals surface area contributed by atoms with E-state index < -0.39 is 4.92 Å². The lowest BCUT2D eigenvalue weighted by Crippen LogP contribution is -2.33. The summed E-state index contributed by atoms with van der Waals surface area (Å²) in [5, 5.41) is 28.2. The second kappa shape index (κ2) is 12.6. The fraction of sp³-hybridized carbons (Fsp3) is 0.269. The Morgan fingerprint density at radius 3 is 2.59 bits per heavy atom. The Balaban J connectivity index is 1.40. The second-order valence-electron chi connectivity index (χ2n) is 8.83. The first-order chi connectivity index (χ1) is 18.8. The zero-order valence-corrected chi connectivity index (χ0v) is 23.2. The molecule has 0 bridgehead atoms. The smallest absolute Gasteiger partial charge is 0.270 e. The van der Waals surface area contributed by atoms with Gasteiger partial charge in [-0.1, -0.05) is 55.9 Å². The van der Waals surface area contributed by atoms with Crippen LogP contribution in [0.3, 0.4) is 0 Å². The number of nitro benzene ring substituents is 1. The second-order valence-corrected chi connectivity index (χ2v) is 10.6. The highest BCUT2D eigenvalue weighted by Gasteiger charge is 2.26. The number of thioether (sulfide) groups is 1. The van der Waals surface area contributed by atoms with Crippen molar-refractivity contribution in [1.82, 2.24) is 25.1 Å². The molecule has 0 saturated heterocycles. The maximum atomic E-state index is 12.8. The van der Waals surface area contributed by atoms with Crippen LogP contribution >= 0.6 is 23.1 Å². The molecular weight excluding hydrogens is 538 g/mol. The molecule has 1 atom stereocenters. The van der Waals surface area contributed by atoms with Crippen LogP contribution in [0.15, 0.2) is 65.1 Å². The Hall–Kier alpha value is -4.10. The average molecular weight is 566 g/mol. The molecule has 0 spiro atoms. The minimum absolute atomic E-state index is 0.0266. The number of nitrogens with one attached hydrogen (secondary N) is 2. The third-order valence-electron chi connectivity index (χ3n) is 5.76. The third kappa shape index (κ3) is 6.86. The van der Waals surface area contributed by atoms with Gasteiger partial charge in [-0.15, -0.1) is 21.5 Å². The zero-order valence-electron chi connectivity index (χ0n) is 21.5. The monoisotopic (exact) mass is 565 g/mol. The minimum atomic E-state index is -0.461. The van der Waals surface area contributed by atoms with E-state index in [0.717, 1.165) is 0 Å². The number of amides is 2. The number of anilines is 1. The highest BCUT2D eigenvalue weighted by molar-refractivity contribution is 7.99. The molecule has 0 fully saturated rings. The number of thiazole rings is 1. The Bertz CT molecular complexity index is 1470. The molecule has 2 heterocycles. The molecule has 4 aromatic rings. The Kier molecular flexibility index (Phi) is 9.04. The summed E-state index contributed by atoms with van der Waals surface area (Å²) < 4.78 is 1.90. The van der Waals surface area contributed by atoms with Crippen molar-refractivity contribution < 1.29 is 14.5 Å². The normalized spacial score (nSPS) is 11.8. The summed E-state index contributed by atoms with van der Waals surface area (Å²) in [5.41, 5.74) is 1.67. The molecule has 0 aliphatic rings. The van der Waals surface area contributed by atoms with Crippen LogP contribution in [0.4, 0.5) is 10.8 Å². The molecule has 11 nitrogen and oxygen atoms in total. The van der Waals surface area contributed by atoms with Crippen molar-refractivity contribution in [3.05, 3.63) is 81.5 Å². The van der Waals surface area contributed by atoms with Gasteiger partial charge in [0.05, 0.1) is 22.4 Å². The summed E-state index contributed by atoms with van der Waals surface area (Å²) in [6.45, 7) is 6.52. The van der Waals surface area contributed by atoms with Gasteiger partial charge < -0.3 is 15.2 Å². The van der Waals surface area contributed by atoms with Crippen LogP contribution in [-0.4, -0.2) is 42.2 Å². The van der Waals surface area contributed by atoms with Gasteiger partial charge in [0.15, 0.2) is 16.1 Å². The van der Waals surface area contributed by atoms with Crippen molar-refractivity contribution in [2.24, 2.45) is 5.92 Å². The van der Waals surface area contributed by atoms with Crippen molar-refractivity contribution in [2.45, 2.75) is 38.5 Å². The fourth-order valence-corrected chi connectivity index (χ4v) is 5.35. The van der Waals surface area contributed by atoms with Crippen LogP contribution in [0.2, 0.25) is 0 Å². The van der Waals surface area contributed by atoms with E-state index in [-0.39, 0.29) is 35.2 Å². The fourth-order valence-electron chi connectivity index (χ4n) is 3.81. The molecule has 13 heteroatoms. The number of aromatic nitrogens is 4. The Morgan fingerprint density at radius 2 is 1.90 bits per heavy atom. The van der Waals surface area contributed by atoms with Crippen LogP contribution in [0.25, 0.3) is 11.3 Å². The molecule has 0 saturated carbocycles. The van der Waals surface area contributed by atoms with E-state index >= 15 is 0 Å². The van der Waals surface area contributed by atoms with Crippen LogP contribution in [-0.2, 0) is 11.3 Å². The summed E-state index contributed by atoms with van der Waals surface area (Å²) in [6.07, 6.45) is 0. The Labute approximate surface area is 233 Å². The van der Waals surface area contributed by atoms with Gasteiger partial charge in [0.2, 0.25) is 5.91 Å². The number of nitro groups is 1. The number of carbonyl (C=O) groups excluding carboxylic acids is 2. The Morgan fingerprint density at radius 1 is 1.13 bits per heavy atom. The van der Waals surface area contributed by atoms with Crippen molar-refractivity contribution in [1.29, 1.82) is 0 Å². The number of non-ortho nitro benzene ring substituents is 1. The molecule has 4 rings (SSSR count). The molecule has 0 aliphatic carbocycles. The molecule has 202 valence electrons. The first-order valence-electron chi connectivity index (χ1n) is 12.2. The average Bonchev–Trinajstić information content (AvgIpc) is 3.57. The van der Waals surface area contributed by atoms with E-state index in [1.54, 1.807) is 29.6 Å². The molecule has 1 unspecified atom stereocenters. The molecule has 2 N–H and O–H groups in total. The first-order valence-corrected chi connectivity index (χ1v) is 14.0. The number of rotatable bonds is 11. The van der Waals surface area contributed by atoms with E-state index in [1.807, 2.05) is 43.5 Å². The largest absolute Gasteiger partial charge is 0.342 e. The van der Waals surface area contributed by atoms with Gasteiger partial charge in [-0.05, 0) is 25.0 Å². The predicted molar refractivity (Wildman–Crippen MR) is 151 cm³/mol. The van der Waals surface area contributed by atoms with Gasteiger partial charge in [-0.3, -0.25) is 19.7 Å². The van der Waals surface area contributed by atoms with E-state index in [2.05, 4.69) is 25.8 Å². The zero-order chi connectivity index (χ0) is 27.9. The van der Waals surface area contributed by atoms with Gasteiger partial charge >= 0.3 is 0 Å². The molecule has 2 aromatic carbocycles. The summed E-state index contributed by atoms with van der Waals surface area (Å²) in [4.78, 5) is 40.4. The highest BCUT2D eigenvalue weighted by atomic mass is 32.2. The topological polar surface area (TPSA) is 145 Å². The summed E-state index contributed by atoms with van der Waals surface area (Å²) >= 11 is 2.47. The van der Waals surface area contributed by atoms with Crippen molar-refractivity contribution in [2.75, 3.05) is 11.1 Å². The number of hydrogen-bond acceptors (Lipinski definition) is 9. The highest BCUT2D eigenvalue weighted by Crippen LogP contribution is 2.28. The van der Waals surface area contributed by atoms with Gasteiger partial charge in [-0.25, -0.2) is 4.98 Å². The number of nitrogens with zero attached hydrogens (tertiary/aromatic N) is 5. The quantitative estimate of drug-likeness (QED) is 0.144. The minimum Gasteiger partial charge on any atom is -0.342 e. The summed E-state index contributed by atoms with van der Waals surface area (Å²) in [6, 6.07) is 14.8.